The van der Waals surface area contributed by atoms with Gasteiger partial charge in [0.15, 0.2) is 5.82 Å². The zero-order chi connectivity index (χ0) is 30.7. The number of carbonyl (C=O) groups is 1. The van der Waals surface area contributed by atoms with Crippen LogP contribution in [0.5, 0.6) is 0 Å². The van der Waals surface area contributed by atoms with E-state index >= 15 is 4.39 Å². The van der Waals surface area contributed by atoms with Gasteiger partial charge in [0.1, 0.15) is 17.2 Å². The molecule has 0 radical (unpaired) electrons. The summed E-state index contributed by atoms with van der Waals surface area (Å²) in [6.07, 6.45) is 3.18. The van der Waals surface area contributed by atoms with Gasteiger partial charge in [-0.3, -0.25) is 14.4 Å². The molecule has 0 spiro atoms. The molecule has 5 rings (SSSR count). The van der Waals surface area contributed by atoms with E-state index in [-0.39, 0.29) is 65.5 Å². The van der Waals surface area contributed by atoms with Crippen LogP contribution in [0.15, 0.2) is 48.8 Å². The second-order valence-corrected chi connectivity index (χ2v) is 11.4. The number of benzene rings is 3. The summed E-state index contributed by atoms with van der Waals surface area (Å²) in [4.78, 5) is 22.1. The Morgan fingerprint density at radius 2 is 1.91 bits per heavy atom. The zero-order valence-corrected chi connectivity index (χ0v) is 23.8. The van der Waals surface area contributed by atoms with Crippen molar-refractivity contribution in [2.24, 2.45) is 0 Å². The number of hydrogen-bond acceptors (Lipinski definition) is 7. The average molecular weight is 619 g/mol. The van der Waals surface area contributed by atoms with Crippen LogP contribution in [0.25, 0.3) is 11.0 Å². The smallest absolute Gasteiger partial charge is 0.299 e. The van der Waals surface area contributed by atoms with Crippen LogP contribution in [0.4, 0.5) is 30.2 Å². The quantitative estimate of drug-likeness (QED) is 0.112. The number of amides is 1. The zero-order valence-electron chi connectivity index (χ0n) is 23.0. The Balaban J connectivity index is 1.52. The molecule has 228 valence electrons. The summed E-state index contributed by atoms with van der Waals surface area (Å²) in [5.41, 5.74) is 2.29. The van der Waals surface area contributed by atoms with Crippen LogP contribution in [0, 0.1) is 17.5 Å². The second kappa shape index (κ2) is 12.6. The summed E-state index contributed by atoms with van der Waals surface area (Å²) in [5.74, 6) is -2.86. The number of halogens is 3. The lowest BCUT2D eigenvalue weighted by atomic mass is 10.1. The van der Waals surface area contributed by atoms with Crippen molar-refractivity contribution in [2.45, 2.75) is 32.2 Å². The van der Waals surface area contributed by atoms with Gasteiger partial charge in [0.2, 0.25) is 0 Å². The van der Waals surface area contributed by atoms with Crippen LogP contribution in [-0.4, -0.2) is 48.7 Å². The van der Waals surface area contributed by atoms with Gasteiger partial charge in [0.25, 0.3) is 16.1 Å². The SMILES string of the molecule is CCNS(=O)(=O)Nc1ccc(F)c(Cn2cnc3c(F)c(Nc4ccc(C5CC5)cc4F)c(C(=O)NOCCO)cc32)c1. The number of hydroxylamine groups is 1. The first-order valence-electron chi connectivity index (χ1n) is 13.4. The minimum absolute atomic E-state index is 0.0497. The third-order valence-corrected chi connectivity index (χ3v) is 7.91. The number of aliphatic hydroxyl groups is 1. The molecule has 0 saturated heterocycles. The van der Waals surface area contributed by atoms with E-state index in [1.807, 2.05) is 0 Å². The van der Waals surface area contributed by atoms with Crippen molar-refractivity contribution in [3.05, 3.63) is 82.9 Å². The Morgan fingerprint density at radius 1 is 1.12 bits per heavy atom. The van der Waals surface area contributed by atoms with E-state index in [1.54, 1.807) is 13.0 Å². The van der Waals surface area contributed by atoms with E-state index in [0.29, 0.717) is 5.92 Å². The fourth-order valence-electron chi connectivity index (χ4n) is 4.56. The molecule has 15 heteroatoms. The van der Waals surface area contributed by atoms with Crippen LogP contribution in [0.1, 0.15) is 47.2 Å². The van der Waals surface area contributed by atoms with Crippen molar-refractivity contribution in [2.75, 3.05) is 29.8 Å². The molecular formula is C28H29F3N6O5S. The lowest BCUT2D eigenvalue weighted by Crippen LogP contribution is -2.29. The van der Waals surface area contributed by atoms with E-state index in [4.69, 9.17) is 9.94 Å². The lowest BCUT2D eigenvalue weighted by Gasteiger charge is -2.16. The first-order valence-corrected chi connectivity index (χ1v) is 14.9. The maximum atomic E-state index is 16.0. The molecule has 1 amide bonds. The van der Waals surface area contributed by atoms with Crippen LogP contribution in [0.3, 0.4) is 0 Å². The van der Waals surface area contributed by atoms with E-state index in [2.05, 4.69) is 25.2 Å². The molecule has 1 saturated carbocycles. The Morgan fingerprint density at radius 3 is 2.60 bits per heavy atom. The van der Waals surface area contributed by atoms with Gasteiger partial charge >= 0.3 is 0 Å². The molecule has 0 bridgehead atoms. The fourth-order valence-corrected chi connectivity index (χ4v) is 5.45. The van der Waals surface area contributed by atoms with Crippen molar-refractivity contribution >= 4 is 44.2 Å². The average Bonchev–Trinajstić information content (AvgIpc) is 3.73. The van der Waals surface area contributed by atoms with E-state index < -0.39 is 33.6 Å². The molecule has 1 aliphatic rings. The number of anilines is 3. The third-order valence-electron chi connectivity index (χ3n) is 6.73. The molecule has 4 aromatic rings. The predicted molar refractivity (Wildman–Crippen MR) is 154 cm³/mol. The normalized spacial score (nSPS) is 13.3. The van der Waals surface area contributed by atoms with Crippen molar-refractivity contribution in [3.63, 3.8) is 0 Å². The molecular weight excluding hydrogens is 589 g/mol. The lowest BCUT2D eigenvalue weighted by molar-refractivity contribution is 0.0169. The van der Waals surface area contributed by atoms with E-state index in [1.165, 1.54) is 41.2 Å². The highest BCUT2D eigenvalue weighted by Crippen LogP contribution is 2.41. The minimum atomic E-state index is -3.88. The predicted octanol–water partition coefficient (Wildman–Crippen LogP) is 4.04. The molecule has 0 atom stereocenters. The number of nitrogens with zero attached hydrogens (tertiary/aromatic N) is 2. The van der Waals surface area contributed by atoms with Gasteiger partial charge in [-0.1, -0.05) is 13.0 Å². The Hall–Kier alpha value is -4.18. The van der Waals surface area contributed by atoms with Gasteiger partial charge in [0, 0.05) is 12.1 Å². The molecule has 43 heavy (non-hydrogen) atoms. The Bertz CT molecular complexity index is 1780. The minimum Gasteiger partial charge on any atom is -0.394 e. The van der Waals surface area contributed by atoms with Gasteiger partial charge in [-0.2, -0.15) is 13.1 Å². The van der Waals surface area contributed by atoms with Gasteiger partial charge < -0.3 is 15.0 Å². The van der Waals surface area contributed by atoms with Crippen molar-refractivity contribution in [3.8, 4) is 0 Å². The molecule has 1 fully saturated rings. The highest BCUT2D eigenvalue weighted by atomic mass is 32.2. The summed E-state index contributed by atoms with van der Waals surface area (Å²) in [5, 5.41) is 11.7. The topological polar surface area (TPSA) is 147 Å². The Labute approximate surface area is 245 Å². The summed E-state index contributed by atoms with van der Waals surface area (Å²) in [6.45, 7) is 0.922. The molecule has 0 unspecified atom stereocenters. The van der Waals surface area contributed by atoms with Crippen molar-refractivity contribution in [1.29, 1.82) is 0 Å². The van der Waals surface area contributed by atoms with Crippen LogP contribution < -0.4 is 20.2 Å². The fraction of sp³-hybridized carbons (Fsp3) is 0.286. The summed E-state index contributed by atoms with van der Waals surface area (Å²) in [7, 11) is -3.88. The largest absolute Gasteiger partial charge is 0.394 e. The number of hydrogen-bond donors (Lipinski definition) is 5. The number of aromatic nitrogens is 2. The van der Waals surface area contributed by atoms with Crippen molar-refractivity contribution < 1.29 is 36.3 Å². The molecule has 1 aromatic heterocycles. The van der Waals surface area contributed by atoms with Crippen LogP contribution in [0.2, 0.25) is 0 Å². The molecule has 1 aliphatic carbocycles. The number of carbonyl (C=O) groups excluding carboxylic acids is 1. The molecule has 3 aromatic carbocycles. The maximum absolute atomic E-state index is 16.0. The number of imidazole rings is 1. The number of fused-ring (bicyclic) bond motifs is 1. The first-order chi connectivity index (χ1) is 20.6. The van der Waals surface area contributed by atoms with E-state index in [0.717, 1.165) is 24.5 Å². The number of nitrogens with one attached hydrogen (secondary N) is 4. The number of rotatable bonds is 13. The van der Waals surface area contributed by atoms with Crippen LogP contribution >= 0.6 is 0 Å². The van der Waals surface area contributed by atoms with Gasteiger partial charge in [0.05, 0.1) is 54.2 Å². The summed E-state index contributed by atoms with van der Waals surface area (Å²) >= 11 is 0. The van der Waals surface area contributed by atoms with Gasteiger partial charge in [-0.25, -0.2) is 23.6 Å². The van der Waals surface area contributed by atoms with Gasteiger partial charge in [-0.05, 0) is 60.7 Å². The molecule has 1 heterocycles. The molecule has 0 aliphatic heterocycles. The monoisotopic (exact) mass is 618 g/mol. The first kappa shape index (κ1) is 30.3. The van der Waals surface area contributed by atoms with Gasteiger partial charge in [-0.15, -0.1) is 0 Å². The highest BCUT2D eigenvalue weighted by Gasteiger charge is 2.26. The number of aliphatic hydroxyl groups excluding tert-OH is 1. The standard InChI is InChI=1S/C28H29F3N6O5S/c1-2-33-43(40,41)36-19-6-7-21(29)18(11-19)14-37-15-32-27-24(37)13-20(28(39)35-42-10-9-38)26(25(27)31)34-23-8-5-17(12-22(23)30)16-3-4-16/h5-8,11-13,15-16,33-34,36,38H,2-4,9-10,14H2,1H3,(H,35,39). The highest BCUT2D eigenvalue weighted by molar-refractivity contribution is 7.90. The second-order valence-electron chi connectivity index (χ2n) is 9.90. The maximum Gasteiger partial charge on any atom is 0.299 e. The Kier molecular flexibility index (Phi) is 8.87. The molecule has 11 nitrogen and oxygen atoms in total. The molecule has 5 N–H and O–H groups in total. The van der Waals surface area contributed by atoms with Crippen molar-refractivity contribution in [1.82, 2.24) is 19.8 Å². The van der Waals surface area contributed by atoms with Crippen LogP contribution in [-0.2, 0) is 21.6 Å². The van der Waals surface area contributed by atoms with E-state index in [9.17, 15) is 22.0 Å². The third kappa shape index (κ3) is 6.91. The summed E-state index contributed by atoms with van der Waals surface area (Å²) in [6, 6.07) is 9.49. The summed E-state index contributed by atoms with van der Waals surface area (Å²) < 4.78 is 75.9.